The van der Waals surface area contributed by atoms with Gasteiger partial charge >= 0.3 is 6.03 Å². The van der Waals surface area contributed by atoms with Gasteiger partial charge in [0, 0.05) is 31.7 Å². The quantitative estimate of drug-likeness (QED) is 0.853. The topological polar surface area (TPSA) is 56.2 Å². The largest absolute Gasteiger partial charge is 0.342 e. The Morgan fingerprint density at radius 1 is 1.26 bits per heavy atom. The lowest BCUT2D eigenvalue weighted by Crippen LogP contribution is -2.55. The number of fused-ring (bicyclic) bond motifs is 3. The molecule has 0 aliphatic carbocycles. The number of nitrogens with zero attached hydrogens (tertiary/aromatic N) is 4. The van der Waals surface area contributed by atoms with Crippen molar-refractivity contribution in [2.24, 2.45) is 4.99 Å². The normalized spacial score (nSPS) is 16.6. The molecule has 0 aromatic heterocycles. The molecule has 0 radical (unpaired) electrons. The van der Waals surface area contributed by atoms with Crippen LogP contribution in [-0.2, 0) is 4.79 Å². The van der Waals surface area contributed by atoms with Crippen LogP contribution in [0.15, 0.2) is 29.3 Å². The summed E-state index contributed by atoms with van der Waals surface area (Å²) in [5.41, 5.74) is 1.70. The fourth-order valence-electron chi connectivity index (χ4n) is 3.13. The molecule has 0 unspecified atom stereocenters. The van der Waals surface area contributed by atoms with Crippen LogP contribution in [0.5, 0.6) is 0 Å². The van der Waals surface area contributed by atoms with Crippen molar-refractivity contribution in [3.8, 4) is 0 Å². The van der Waals surface area contributed by atoms with Gasteiger partial charge in [0.1, 0.15) is 12.4 Å². The van der Waals surface area contributed by atoms with Gasteiger partial charge in [0.05, 0.1) is 5.69 Å². The van der Waals surface area contributed by atoms with Crippen molar-refractivity contribution in [2.75, 3.05) is 37.6 Å². The number of aliphatic imine (C=N–C) groups is 1. The molecule has 2 aliphatic heterocycles. The van der Waals surface area contributed by atoms with Gasteiger partial charge in [-0.25, -0.2) is 4.79 Å². The zero-order valence-electron chi connectivity index (χ0n) is 13.7. The Kier molecular flexibility index (Phi) is 4.32. The number of urea groups is 1. The summed E-state index contributed by atoms with van der Waals surface area (Å²) in [5.74, 6) is 0.707. The molecule has 3 rings (SSSR count). The lowest BCUT2D eigenvalue weighted by Gasteiger charge is -2.39. The van der Waals surface area contributed by atoms with E-state index in [-0.39, 0.29) is 18.5 Å². The fraction of sp³-hybridized carbons (Fsp3) is 0.471. The minimum absolute atomic E-state index is 0.0319. The van der Waals surface area contributed by atoms with E-state index in [4.69, 9.17) is 0 Å². The number of hydrogen-bond acceptors (Lipinski definition) is 3. The smallest absolute Gasteiger partial charge is 0.330 e. The molecule has 3 amide bonds. The van der Waals surface area contributed by atoms with Gasteiger partial charge in [0.2, 0.25) is 5.91 Å². The SMILES string of the molecule is CCN(CC)C(=O)CN1C(=O)N2CCCN=C2c2ccccc21. The first-order chi connectivity index (χ1) is 11.2. The molecule has 122 valence electrons. The van der Waals surface area contributed by atoms with E-state index < -0.39 is 0 Å². The molecule has 6 heteroatoms. The van der Waals surface area contributed by atoms with E-state index in [1.165, 1.54) is 0 Å². The third kappa shape index (κ3) is 2.69. The summed E-state index contributed by atoms with van der Waals surface area (Å²) in [7, 11) is 0. The maximum absolute atomic E-state index is 12.9. The first-order valence-corrected chi connectivity index (χ1v) is 8.18. The standard InChI is InChI=1S/C17H22N4O2/c1-3-19(4-2)15(22)12-21-14-9-6-5-8-13(14)16-18-10-7-11-20(16)17(21)23/h5-6,8-9H,3-4,7,10-12H2,1-2H3. The third-order valence-electron chi connectivity index (χ3n) is 4.36. The number of rotatable bonds is 4. The van der Waals surface area contributed by atoms with Crippen LogP contribution in [0.4, 0.5) is 10.5 Å². The summed E-state index contributed by atoms with van der Waals surface area (Å²) in [5, 5.41) is 0. The van der Waals surface area contributed by atoms with Gasteiger partial charge in [-0.3, -0.25) is 19.6 Å². The molecule has 0 fully saturated rings. The number of anilines is 1. The average Bonchev–Trinajstić information content (AvgIpc) is 2.59. The summed E-state index contributed by atoms with van der Waals surface area (Å²) in [6.45, 7) is 6.66. The summed E-state index contributed by atoms with van der Waals surface area (Å²) < 4.78 is 0. The summed E-state index contributed by atoms with van der Waals surface area (Å²) in [6, 6.07) is 7.53. The Morgan fingerprint density at radius 2 is 2.00 bits per heavy atom. The predicted molar refractivity (Wildman–Crippen MR) is 89.8 cm³/mol. The van der Waals surface area contributed by atoms with E-state index in [0.29, 0.717) is 19.6 Å². The van der Waals surface area contributed by atoms with Crippen molar-refractivity contribution >= 4 is 23.5 Å². The number of carbonyl (C=O) groups excluding carboxylic acids is 2. The van der Waals surface area contributed by atoms with Gasteiger partial charge in [-0.2, -0.15) is 0 Å². The molecule has 0 saturated carbocycles. The van der Waals surface area contributed by atoms with E-state index in [1.54, 1.807) is 14.7 Å². The van der Waals surface area contributed by atoms with Gasteiger partial charge in [0.25, 0.3) is 0 Å². The first kappa shape index (κ1) is 15.5. The van der Waals surface area contributed by atoms with Crippen LogP contribution in [0.3, 0.4) is 0 Å². The average molecular weight is 314 g/mol. The van der Waals surface area contributed by atoms with Gasteiger partial charge in [-0.1, -0.05) is 12.1 Å². The van der Waals surface area contributed by atoms with Gasteiger partial charge < -0.3 is 4.90 Å². The van der Waals surface area contributed by atoms with Crippen LogP contribution in [0.1, 0.15) is 25.8 Å². The highest BCUT2D eigenvalue weighted by Gasteiger charge is 2.37. The Labute approximate surface area is 136 Å². The second kappa shape index (κ2) is 6.40. The molecule has 23 heavy (non-hydrogen) atoms. The van der Waals surface area contributed by atoms with Crippen LogP contribution < -0.4 is 4.90 Å². The number of benzene rings is 1. The van der Waals surface area contributed by atoms with Crippen LogP contribution >= 0.6 is 0 Å². The fourth-order valence-corrected chi connectivity index (χ4v) is 3.13. The van der Waals surface area contributed by atoms with Crippen LogP contribution in [0, 0.1) is 0 Å². The molecule has 6 nitrogen and oxygen atoms in total. The molecule has 2 heterocycles. The van der Waals surface area contributed by atoms with Crippen molar-refractivity contribution < 1.29 is 9.59 Å². The lowest BCUT2D eigenvalue weighted by molar-refractivity contribution is -0.129. The molecule has 0 spiro atoms. The third-order valence-corrected chi connectivity index (χ3v) is 4.36. The Morgan fingerprint density at radius 3 is 2.74 bits per heavy atom. The van der Waals surface area contributed by atoms with Crippen molar-refractivity contribution in [1.82, 2.24) is 9.80 Å². The van der Waals surface area contributed by atoms with Crippen LogP contribution in [-0.4, -0.2) is 60.3 Å². The van der Waals surface area contributed by atoms with Crippen molar-refractivity contribution in [2.45, 2.75) is 20.3 Å². The maximum Gasteiger partial charge on any atom is 0.330 e. The van der Waals surface area contributed by atoms with E-state index in [1.807, 2.05) is 38.1 Å². The highest BCUT2D eigenvalue weighted by Crippen LogP contribution is 2.30. The molecular weight excluding hydrogens is 292 g/mol. The highest BCUT2D eigenvalue weighted by molar-refractivity contribution is 6.20. The van der Waals surface area contributed by atoms with E-state index in [9.17, 15) is 9.59 Å². The van der Waals surface area contributed by atoms with Crippen LogP contribution in [0.2, 0.25) is 0 Å². The summed E-state index contributed by atoms with van der Waals surface area (Å²) in [6.07, 6.45) is 0.856. The minimum atomic E-state index is -0.150. The molecule has 2 aliphatic rings. The number of carbonyl (C=O) groups is 2. The monoisotopic (exact) mass is 314 g/mol. The maximum atomic E-state index is 12.9. The lowest BCUT2D eigenvalue weighted by atomic mass is 10.1. The molecular formula is C17H22N4O2. The number of amidine groups is 1. The van der Waals surface area contributed by atoms with Gasteiger partial charge in [-0.05, 0) is 32.4 Å². The summed E-state index contributed by atoms with van der Waals surface area (Å²) >= 11 is 0. The van der Waals surface area contributed by atoms with Crippen molar-refractivity contribution in [1.29, 1.82) is 0 Å². The second-order valence-electron chi connectivity index (χ2n) is 5.66. The van der Waals surface area contributed by atoms with Crippen LogP contribution in [0.25, 0.3) is 0 Å². The van der Waals surface area contributed by atoms with Gasteiger partial charge in [0.15, 0.2) is 0 Å². The van der Waals surface area contributed by atoms with Gasteiger partial charge in [-0.15, -0.1) is 0 Å². The predicted octanol–water partition coefficient (Wildman–Crippen LogP) is 1.95. The number of hydrogen-bond donors (Lipinski definition) is 0. The number of likely N-dealkylation sites (N-methyl/N-ethyl adjacent to an activating group) is 1. The number of amides is 3. The molecule has 0 atom stereocenters. The first-order valence-electron chi connectivity index (χ1n) is 8.18. The van der Waals surface area contributed by atoms with Crippen molar-refractivity contribution in [3.63, 3.8) is 0 Å². The minimum Gasteiger partial charge on any atom is -0.342 e. The Hall–Kier alpha value is -2.37. The second-order valence-corrected chi connectivity index (χ2v) is 5.66. The zero-order valence-corrected chi connectivity index (χ0v) is 13.7. The molecule has 1 aromatic carbocycles. The van der Waals surface area contributed by atoms with Crippen molar-refractivity contribution in [3.05, 3.63) is 29.8 Å². The highest BCUT2D eigenvalue weighted by atomic mass is 16.2. The molecule has 0 N–H and O–H groups in total. The molecule has 1 aromatic rings. The van der Waals surface area contributed by atoms with E-state index >= 15 is 0 Å². The van der Waals surface area contributed by atoms with E-state index in [0.717, 1.165) is 30.1 Å². The summed E-state index contributed by atoms with van der Waals surface area (Å²) in [4.78, 5) is 34.9. The Balaban J connectivity index is 1.97. The molecule has 0 bridgehead atoms. The zero-order chi connectivity index (χ0) is 16.4. The Bertz CT molecular complexity index is 652. The number of para-hydroxylation sites is 1. The van der Waals surface area contributed by atoms with E-state index in [2.05, 4.69) is 4.99 Å². The molecule has 0 saturated heterocycles.